The van der Waals surface area contributed by atoms with Crippen LogP contribution in [0.2, 0.25) is 0 Å². The summed E-state index contributed by atoms with van der Waals surface area (Å²) in [7, 11) is 1.74. The van der Waals surface area contributed by atoms with E-state index in [1.54, 1.807) is 47.0 Å². The topological polar surface area (TPSA) is 138 Å². The molecule has 1 aliphatic carbocycles. The first kappa shape index (κ1) is 27.9. The van der Waals surface area contributed by atoms with Crippen LogP contribution in [0.1, 0.15) is 40.2 Å². The molecular weight excluding hydrogens is 586 g/mol. The molecule has 1 fully saturated rings. The smallest absolute Gasteiger partial charge is 0.355 e. The molecule has 0 radical (unpaired) electrons. The molecule has 1 aliphatic rings. The number of hydrogen-bond acceptors (Lipinski definition) is 7. The molecule has 3 aromatic heterocycles. The molecule has 2 aromatic carbocycles. The average molecular weight is 610 g/mol. The monoisotopic (exact) mass is 609 g/mol. The first-order valence-electron chi connectivity index (χ1n) is 12.9. The summed E-state index contributed by atoms with van der Waals surface area (Å²) in [5, 5.41) is 20.3. The lowest BCUT2D eigenvalue weighted by molar-refractivity contribution is 0.0691. The molecule has 42 heavy (non-hydrogen) atoms. The van der Waals surface area contributed by atoms with Crippen LogP contribution >= 0.6 is 11.3 Å². The Morgan fingerprint density at radius 1 is 1.19 bits per heavy atom. The van der Waals surface area contributed by atoms with Gasteiger partial charge in [0.05, 0.1) is 23.3 Å². The molecule has 14 heteroatoms. The van der Waals surface area contributed by atoms with E-state index in [9.17, 15) is 27.4 Å². The number of nitrogens with one attached hydrogen (secondary N) is 1. The van der Waals surface area contributed by atoms with Gasteiger partial charge in [-0.25, -0.2) is 23.2 Å². The van der Waals surface area contributed by atoms with Crippen molar-refractivity contribution in [1.82, 2.24) is 24.5 Å². The Bertz CT molecular complexity index is 1850. The number of aromatic carboxylic acids is 1. The summed E-state index contributed by atoms with van der Waals surface area (Å²) in [6, 6.07) is 8.89. The number of aryl methyl sites for hydroxylation is 1. The minimum absolute atomic E-state index is 0.104. The highest BCUT2D eigenvalue weighted by Crippen LogP contribution is 2.39. The van der Waals surface area contributed by atoms with E-state index in [0.29, 0.717) is 45.4 Å². The largest absolute Gasteiger partial charge is 0.755 e. The molecule has 216 valence electrons. The Kier molecular flexibility index (Phi) is 7.43. The zero-order valence-corrected chi connectivity index (χ0v) is 23.7. The second-order valence-electron chi connectivity index (χ2n) is 10.1. The number of rotatable bonds is 10. The Morgan fingerprint density at radius 2 is 2.00 bits per heavy atom. The van der Waals surface area contributed by atoms with Crippen LogP contribution in [0.5, 0.6) is 0 Å². The highest BCUT2D eigenvalue weighted by Gasteiger charge is 2.29. The van der Waals surface area contributed by atoms with Gasteiger partial charge in [0.15, 0.2) is 5.69 Å². The standard InChI is InChI=1S/C28H24F2N6O4S2/c1-35-13-18(12-31-35)19-11-17(5-6-21(19)29)26-20(8-16-4-7-23(22(30)9-16)34-42(39)40)25(10-15-2-3-15)36(33-26)28-32-24(14-41-28)27(37)38/h4-7,9,11-15,34H,2-3,8,10H2,1H3,(H,37,38)(H,39,40)/p-1. The van der Waals surface area contributed by atoms with Crippen LogP contribution in [0.3, 0.4) is 0 Å². The molecule has 0 amide bonds. The quantitative estimate of drug-likeness (QED) is 0.210. The number of hydrogen-bond donors (Lipinski definition) is 2. The second kappa shape index (κ2) is 11.2. The van der Waals surface area contributed by atoms with E-state index in [1.807, 2.05) is 4.72 Å². The van der Waals surface area contributed by atoms with Gasteiger partial charge in [0.25, 0.3) is 0 Å². The normalized spacial score (nSPS) is 13.8. The molecule has 1 atom stereocenters. The van der Waals surface area contributed by atoms with Crippen molar-refractivity contribution in [3.8, 4) is 27.5 Å². The van der Waals surface area contributed by atoms with Crippen molar-refractivity contribution < 1.29 is 27.4 Å². The third-order valence-electron chi connectivity index (χ3n) is 7.02. The van der Waals surface area contributed by atoms with E-state index in [4.69, 9.17) is 5.10 Å². The van der Waals surface area contributed by atoms with Crippen molar-refractivity contribution in [2.24, 2.45) is 13.0 Å². The van der Waals surface area contributed by atoms with E-state index < -0.39 is 28.9 Å². The fourth-order valence-corrected chi connectivity index (χ4v) is 5.94. The summed E-state index contributed by atoms with van der Waals surface area (Å²) >= 11 is -1.54. The van der Waals surface area contributed by atoms with E-state index in [1.165, 1.54) is 23.6 Å². The Morgan fingerprint density at radius 3 is 2.64 bits per heavy atom. The predicted octanol–water partition coefficient (Wildman–Crippen LogP) is 5.12. The molecule has 1 saturated carbocycles. The minimum Gasteiger partial charge on any atom is -0.755 e. The summed E-state index contributed by atoms with van der Waals surface area (Å²) in [6.45, 7) is 0. The zero-order chi connectivity index (χ0) is 29.5. The molecule has 0 saturated heterocycles. The van der Waals surface area contributed by atoms with Gasteiger partial charge in [-0.15, -0.1) is 11.3 Å². The Labute approximate surface area is 245 Å². The van der Waals surface area contributed by atoms with Gasteiger partial charge in [-0.1, -0.05) is 6.07 Å². The number of benzene rings is 2. The molecular formula is C28H23F2N6O4S2-. The van der Waals surface area contributed by atoms with E-state index in [2.05, 4.69) is 10.1 Å². The number of aromatic nitrogens is 5. The first-order valence-corrected chi connectivity index (χ1v) is 14.8. The molecule has 10 nitrogen and oxygen atoms in total. The van der Waals surface area contributed by atoms with Crippen molar-refractivity contribution in [2.75, 3.05) is 4.72 Å². The second-order valence-corrected chi connectivity index (χ2v) is 11.6. The zero-order valence-electron chi connectivity index (χ0n) is 22.1. The van der Waals surface area contributed by atoms with Crippen molar-refractivity contribution >= 4 is 34.3 Å². The highest BCUT2D eigenvalue weighted by atomic mass is 32.2. The number of nitrogens with zero attached hydrogens (tertiary/aromatic N) is 5. The van der Waals surface area contributed by atoms with Crippen LogP contribution in [0, 0.1) is 17.6 Å². The molecule has 3 heterocycles. The van der Waals surface area contributed by atoms with Gasteiger partial charge in [0.1, 0.15) is 11.6 Å². The maximum atomic E-state index is 15.0. The number of carbonyl (C=O) groups is 1. The third-order valence-corrected chi connectivity index (χ3v) is 8.23. The summed E-state index contributed by atoms with van der Waals surface area (Å²) in [5.74, 6) is -1.92. The van der Waals surface area contributed by atoms with Crippen molar-refractivity contribution in [3.63, 3.8) is 0 Å². The van der Waals surface area contributed by atoms with E-state index in [0.717, 1.165) is 35.4 Å². The molecule has 5 aromatic rings. The Hall–Kier alpha value is -4.27. The molecule has 1 unspecified atom stereocenters. The van der Waals surface area contributed by atoms with Crippen molar-refractivity contribution in [1.29, 1.82) is 0 Å². The summed E-state index contributed by atoms with van der Waals surface area (Å²) in [5.41, 5.74) is 3.88. The lowest BCUT2D eigenvalue weighted by Gasteiger charge is -2.12. The molecule has 2 N–H and O–H groups in total. The fraction of sp³-hybridized carbons (Fsp3) is 0.214. The highest BCUT2D eigenvalue weighted by molar-refractivity contribution is 7.80. The number of halogens is 2. The Balaban J connectivity index is 1.52. The molecule has 6 rings (SSSR count). The van der Waals surface area contributed by atoms with Gasteiger partial charge in [-0.2, -0.15) is 10.2 Å². The lowest BCUT2D eigenvalue weighted by Crippen LogP contribution is -2.07. The number of carboxylic acid groups (broad SMARTS) is 1. The fourth-order valence-electron chi connectivity index (χ4n) is 4.83. The maximum Gasteiger partial charge on any atom is 0.355 e. The van der Waals surface area contributed by atoms with Gasteiger partial charge in [-0.3, -0.25) is 8.89 Å². The van der Waals surface area contributed by atoms with Crippen LogP contribution < -0.4 is 4.72 Å². The lowest BCUT2D eigenvalue weighted by atomic mass is 9.95. The van der Waals surface area contributed by atoms with Crippen LogP contribution in [0.4, 0.5) is 14.5 Å². The van der Waals surface area contributed by atoms with Crippen LogP contribution in [0.25, 0.3) is 27.5 Å². The van der Waals surface area contributed by atoms with Gasteiger partial charge in [0, 0.05) is 58.6 Å². The van der Waals surface area contributed by atoms with Gasteiger partial charge in [-0.05, 0) is 61.1 Å². The summed E-state index contributed by atoms with van der Waals surface area (Å²) < 4.78 is 57.1. The SMILES string of the molecule is Cn1cc(-c2cc(-c3nn(-c4nc(C(=O)O)cs4)c(CC4CC4)c3Cc3ccc(NS(=O)[O-])c(F)c3)ccc2F)cn1. The van der Waals surface area contributed by atoms with Crippen LogP contribution in [0.15, 0.2) is 54.2 Å². The van der Waals surface area contributed by atoms with E-state index in [-0.39, 0.29) is 17.8 Å². The van der Waals surface area contributed by atoms with Gasteiger partial charge in [0.2, 0.25) is 5.13 Å². The van der Waals surface area contributed by atoms with Crippen LogP contribution in [-0.2, 0) is 31.2 Å². The molecule has 0 spiro atoms. The molecule has 0 aliphatic heterocycles. The maximum absolute atomic E-state index is 15.0. The van der Waals surface area contributed by atoms with Gasteiger partial charge < -0.3 is 14.4 Å². The number of thiazole rings is 1. The van der Waals surface area contributed by atoms with Crippen LogP contribution in [-0.4, -0.2) is 44.4 Å². The summed E-state index contributed by atoms with van der Waals surface area (Å²) in [4.78, 5) is 15.9. The summed E-state index contributed by atoms with van der Waals surface area (Å²) in [6.07, 6.45) is 6.19. The predicted molar refractivity (Wildman–Crippen MR) is 152 cm³/mol. The number of anilines is 1. The molecule has 0 bridgehead atoms. The van der Waals surface area contributed by atoms with Crippen molar-refractivity contribution in [3.05, 3.63) is 88.3 Å². The average Bonchev–Trinajstić information content (AvgIpc) is 3.29. The number of carboxylic acids is 1. The first-order chi connectivity index (χ1) is 20.2. The minimum atomic E-state index is -2.68. The van der Waals surface area contributed by atoms with E-state index >= 15 is 0 Å². The van der Waals surface area contributed by atoms with Gasteiger partial charge >= 0.3 is 5.97 Å². The van der Waals surface area contributed by atoms with Crippen molar-refractivity contribution in [2.45, 2.75) is 25.7 Å². The third kappa shape index (κ3) is 5.73.